The van der Waals surface area contributed by atoms with E-state index in [-0.39, 0.29) is 18.8 Å². The molecule has 2 fully saturated rings. The van der Waals surface area contributed by atoms with Gasteiger partial charge in [-0.15, -0.1) is 11.8 Å². The molecule has 5 rings (SSSR count). The van der Waals surface area contributed by atoms with Crippen LogP contribution < -0.4 is 5.32 Å². The summed E-state index contributed by atoms with van der Waals surface area (Å²) in [4.78, 5) is 53.0. The van der Waals surface area contributed by atoms with Gasteiger partial charge in [0.2, 0.25) is 6.41 Å². The van der Waals surface area contributed by atoms with Gasteiger partial charge in [0, 0.05) is 24.4 Å². The molecule has 2 N–H and O–H groups in total. The normalized spacial score (nSPS) is 22.6. The Bertz CT molecular complexity index is 1200. The summed E-state index contributed by atoms with van der Waals surface area (Å²) in [5.74, 6) is -0.870. The molecule has 198 valence electrons. The van der Waals surface area contributed by atoms with E-state index in [1.54, 1.807) is 0 Å². The van der Waals surface area contributed by atoms with Crippen LogP contribution in [0.25, 0.3) is 0 Å². The first-order chi connectivity index (χ1) is 18.5. The molecule has 38 heavy (non-hydrogen) atoms. The van der Waals surface area contributed by atoms with Crippen LogP contribution in [-0.4, -0.2) is 82.3 Å². The fourth-order valence-corrected chi connectivity index (χ4v) is 6.11. The second kappa shape index (κ2) is 11.3. The molecule has 3 amide bonds. The van der Waals surface area contributed by atoms with E-state index in [0.29, 0.717) is 30.7 Å². The van der Waals surface area contributed by atoms with E-state index >= 15 is 0 Å². The van der Waals surface area contributed by atoms with E-state index in [2.05, 4.69) is 5.32 Å². The van der Waals surface area contributed by atoms with E-state index in [1.165, 1.54) is 21.6 Å². The number of hydrogen-bond donors (Lipinski definition) is 2. The lowest BCUT2D eigenvalue weighted by Gasteiger charge is -2.49. The Labute approximate surface area is 223 Å². The Hall–Kier alpha value is -3.83. The Morgan fingerprint density at radius 3 is 2.34 bits per heavy atom. The monoisotopic (exact) mass is 537 g/mol. The third-order valence-corrected chi connectivity index (χ3v) is 8.05. The second-order valence-corrected chi connectivity index (χ2v) is 10.3. The number of carbonyl (C=O) groups excluding carboxylic acids is 4. The van der Waals surface area contributed by atoms with Crippen LogP contribution in [0.5, 0.6) is 0 Å². The lowest BCUT2D eigenvalue weighted by atomic mass is 10.0. The SMILES string of the molecule is O=CNC1C(=O)N2C(C(=O)OC(c3ccccc3)c3ccccc3)=C(COC(=O)N3CCC(O)C3)CS[C@H]12. The highest BCUT2D eigenvalue weighted by molar-refractivity contribution is 8.00. The molecule has 2 saturated heterocycles. The molecule has 3 heterocycles. The number of aliphatic hydroxyl groups is 1. The average molecular weight is 538 g/mol. The number of β-amino-alcohol motifs (C(OH)–C–C–N with tert-alkyl or cyclic N) is 1. The Morgan fingerprint density at radius 1 is 1.11 bits per heavy atom. The van der Waals surface area contributed by atoms with Gasteiger partial charge in [0.15, 0.2) is 6.10 Å². The minimum Gasteiger partial charge on any atom is -0.448 e. The zero-order valence-electron chi connectivity index (χ0n) is 20.4. The number of aliphatic hydroxyl groups excluding tert-OH is 1. The minimum atomic E-state index is -0.755. The summed E-state index contributed by atoms with van der Waals surface area (Å²) in [5, 5.41) is 11.8. The van der Waals surface area contributed by atoms with E-state index in [1.807, 2.05) is 60.7 Å². The predicted molar refractivity (Wildman–Crippen MR) is 137 cm³/mol. The van der Waals surface area contributed by atoms with Gasteiger partial charge in [0.25, 0.3) is 5.91 Å². The summed E-state index contributed by atoms with van der Waals surface area (Å²) in [7, 11) is 0. The van der Waals surface area contributed by atoms with Crippen molar-refractivity contribution in [2.45, 2.75) is 30.0 Å². The maximum absolute atomic E-state index is 13.8. The Morgan fingerprint density at radius 2 is 1.76 bits per heavy atom. The van der Waals surface area contributed by atoms with Crippen LogP contribution in [0.15, 0.2) is 71.9 Å². The van der Waals surface area contributed by atoms with Crippen molar-refractivity contribution in [3.05, 3.63) is 83.1 Å². The van der Waals surface area contributed by atoms with Crippen LogP contribution >= 0.6 is 11.8 Å². The summed E-state index contributed by atoms with van der Waals surface area (Å²) in [6.07, 6.45) is -0.991. The standard InChI is InChI=1S/C27H27N3O7S/c31-16-28-21-24(33)30-22(19(15-38-25(21)30)14-36-27(35)29-12-11-20(32)13-29)26(34)37-23(17-7-3-1-4-8-17)18-9-5-2-6-10-18/h1-10,16,20-21,23,25,32H,11-15H2,(H,28,31)/t20?,21?,25-/m1/s1. The van der Waals surface area contributed by atoms with Gasteiger partial charge in [-0.25, -0.2) is 9.59 Å². The number of benzene rings is 2. The third kappa shape index (κ3) is 5.11. The summed E-state index contributed by atoms with van der Waals surface area (Å²) >= 11 is 1.36. The fraction of sp³-hybridized carbons (Fsp3) is 0.333. The first-order valence-electron chi connectivity index (χ1n) is 12.2. The Balaban J connectivity index is 1.43. The van der Waals surface area contributed by atoms with Gasteiger partial charge in [-0.2, -0.15) is 0 Å². The van der Waals surface area contributed by atoms with Crippen molar-refractivity contribution < 1.29 is 33.8 Å². The van der Waals surface area contributed by atoms with Gasteiger partial charge in [-0.3, -0.25) is 14.5 Å². The van der Waals surface area contributed by atoms with Crippen molar-refractivity contribution in [2.75, 3.05) is 25.4 Å². The van der Waals surface area contributed by atoms with Gasteiger partial charge in [-0.05, 0) is 17.5 Å². The summed E-state index contributed by atoms with van der Waals surface area (Å²) in [6, 6.07) is 17.8. The van der Waals surface area contributed by atoms with Crippen molar-refractivity contribution in [2.24, 2.45) is 0 Å². The number of thioether (sulfide) groups is 1. The number of nitrogens with zero attached hydrogens (tertiary/aromatic N) is 2. The van der Waals surface area contributed by atoms with Gasteiger partial charge >= 0.3 is 12.1 Å². The highest BCUT2D eigenvalue weighted by atomic mass is 32.2. The van der Waals surface area contributed by atoms with Crippen molar-refractivity contribution in [3.63, 3.8) is 0 Å². The number of nitrogens with one attached hydrogen (secondary N) is 1. The zero-order chi connectivity index (χ0) is 26.6. The van der Waals surface area contributed by atoms with Gasteiger partial charge in [0.05, 0.1) is 6.10 Å². The number of likely N-dealkylation sites (tertiary alicyclic amines) is 1. The predicted octanol–water partition coefficient (Wildman–Crippen LogP) is 1.81. The summed E-state index contributed by atoms with van der Waals surface area (Å²) < 4.78 is 11.5. The van der Waals surface area contributed by atoms with E-state index in [4.69, 9.17) is 9.47 Å². The van der Waals surface area contributed by atoms with Crippen LogP contribution in [0, 0.1) is 0 Å². The lowest BCUT2D eigenvalue weighted by molar-refractivity contribution is -0.154. The molecular formula is C27H27N3O7S. The topological polar surface area (TPSA) is 125 Å². The van der Waals surface area contributed by atoms with Crippen molar-refractivity contribution in [3.8, 4) is 0 Å². The first kappa shape index (κ1) is 25.8. The molecular weight excluding hydrogens is 510 g/mol. The second-order valence-electron chi connectivity index (χ2n) is 9.17. The molecule has 0 saturated carbocycles. The van der Waals surface area contributed by atoms with Crippen LogP contribution in [0.4, 0.5) is 4.79 Å². The molecule has 3 aliphatic rings. The number of esters is 1. The maximum Gasteiger partial charge on any atom is 0.410 e. The summed E-state index contributed by atoms with van der Waals surface area (Å²) in [5.41, 5.74) is 1.96. The number of rotatable bonds is 8. The van der Waals surface area contributed by atoms with E-state index in [0.717, 1.165) is 11.1 Å². The molecule has 0 aromatic heterocycles. The van der Waals surface area contributed by atoms with Crippen LogP contribution in [0.1, 0.15) is 23.7 Å². The zero-order valence-corrected chi connectivity index (χ0v) is 21.2. The highest BCUT2D eigenvalue weighted by Crippen LogP contribution is 2.41. The van der Waals surface area contributed by atoms with Crippen LogP contribution in [0.3, 0.4) is 0 Å². The number of ether oxygens (including phenoxy) is 2. The number of β-lactam (4-membered cyclic amide) rings is 1. The molecule has 11 heteroatoms. The average Bonchev–Trinajstić information content (AvgIpc) is 3.39. The van der Waals surface area contributed by atoms with Crippen LogP contribution in [-0.2, 0) is 23.9 Å². The highest BCUT2D eigenvalue weighted by Gasteiger charge is 2.54. The molecule has 10 nitrogen and oxygen atoms in total. The van der Waals surface area contributed by atoms with Gasteiger partial charge in [-0.1, -0.05) is 60.7 Å². The molecule has 0 spiro atoms. The third-order valence-electron chi connectivity index (χ3n) is 6.71. The summed E-state index contributed by atoms with van der Waals surface area (Å²) in [6.45, 7) is 0.347. The van der Waals surface area contributed by atoms with Gasteiger partial charge < -0.3 is 24.8 Å². The molecule has 2 unspecified atom stereocenters. The first-order valence-corrected chi connectivity index (χ1v) is 13.3. The number of hydrogen-bond acceptors (Lipinski definition) is 8. The van der Waals surface area contributed by atoms with Gasteiger partial charge in [0.1, 0.15) is 23.7 Å². The smallest absolute Gasteiger partial charge is 0.410 e. The largest absolute Gasteiger partial charge is 0.448 e. The van der Waals surface area contributed by atoms with Crippen molar-refractivity contribution in [1.82, 2.24) is 15.1 Å². The van der Waals surface area contributed by atoms with Crippen molar-refractivity contribution in [1.29, 1.82) is 0 Å². The maximum atomic E-state index is 13.8. The minimum absolute atomic E-state index is 0.0221. The fourth-order valence-electron chi connectivity index (χ4n) is 4.77. The van der Waals surface area contributed by atoms with E-state index < -0.39 is 41.6 Å². The number of carbonyl (C=O) groups is 4. The molecule has 0 aliphatic carbocycles. The molecule has 0 bridgehead atoms. The van der Waals surface area contributed by atoms with Crippen LogP contribution in [0.2, 0.25) is 0 Å². The Kier molecular flexibility index (Phi) is 7.66. The lowest BCUT2D eigenvalue weighted by Crippen LogP contribution is -2.69. The number of amides is 3. The molecule has 0 radical (unpaired) electrons. The quantitative estimate of drug-likeness (QED) is 0.297. The molecule has 3 aliphatic heterocycles. The molecule has 2 aromatic carbocycles. The molecule has 3 atom stereocenters. The van der Waals surface area contributed by atoms with E-state index in [9.17, 15) is 24.3 Å². The molecule has 2 aromatic rings. The number of fused-ring (bicyclic) bond motifs is 1. The van der Waals surface area contributed by atoms with Crippen molar-refractivity contribution >= 4 is 36.1 Å².